The van der Waals surface area contributed by atoms with Gasteiger partial charge in [0.2, 0.25) is 0 Å². The smallest absolute Gasteiger partial charge is 0.150 e. The van der Waals surface area contributed by atoms with E-state index in [9.17, 15) is 4.79 Å². The number of hydrogen-bond donors (Lipinski definition) is 0. The first-order chi connectivity index (χ1) is 8.33. The fourth-order valence-corrected chi connectivity index (χ4v) is 1.92. The minimum atomic E-state index is 0.784. The zero-order chi connectivity index (χ0) is 12.1. The van der Waals surface area contributed by atoms with E-state index >= 15 is 0 Å². The molecule has 0 heterocycles. The molecule has 0 radical (unpaired) electrons. The van der Waals surface area contributed by atoms with Crippen molar-refractivity contribution in [2.75, 3.05) is 0 Å². The van der Waals surface area contributed by atoms with Gasteiger partial charge in [-0.1, -0.05) is 55.5 Å². The molecule has 0 N–H and O–H groups in total. The first-order valence-corrected chi connectivity index (χ1v) is 5.94. The number of aldehydes is 1. The minimum Gasteiger partial charge on any atom is -0.298 e. The van der Waals surface area contributed by atoms with E-state index in [4.69, 9.17) is 0 Å². The van der Waals surface area contributed by atoms with Gasteiger partial charge in [0.25, 0.3) is 0 Å². The monoisotopic (exact) mass is 224 g/mol. The van der Waals surface area contributed by atoms with Crippen molar-refractivity contribution in [3.05, 3.63) is 70.8 Å². The maximum Gasteiger partial charge on any atom is 0.150 e. The van der Waals surface area contributed by atoms with Crippen molar-refractivity contribution < 1.29 is 4.79 Å². The highest BCUT2D eigenvalue weighted by molar-refractivity contribution is 5.77. The maximum absolute atomic E-state index is 10.9. The Morgan fingerprint density at radius 3 is 2.24 bits per heavy atom. The summed E-state index contributed by atoms with van der Waals surface area (Å²) in [4.78, 5) is 10.9. The van der Waals surface area contributed by atoms with Crippen LogP contribution in [0.25, 0.3) is 0 Å². The van der Waals surface area contributed by atoms with Crippen LogP contribution in [0.1, 0.15) is 34.0 Å². The van der Waals surface area contributed by atoms with Crippen LogP contribution < -0.4 is 0 Å². The van der Waals surface area contributed by atoms with Crippen LogP contribution in [0.4, 0.5) is 0 Å². The summed E-state index contributed by atoms with van der Waals surface area (Å²) in [5, 5.41) is 0. The molecule has 2 rings (SSSR count). The van der Waals surface area contributed by atoms with E-state index in [2.05, 4.69) is 31.2 Å². The Bertz CT molecular complexity index is 497. The summed E-state index contributed by atoms with van der Waals surface area (Å²) in [6, 6.07) is 16.3. The predicted molar refractivity (Wildman–Crippen MR) is 70.5 cm³/mol. The SMILES string of the molecule is CCc1ccc(Cc2ccccc2C=O)cc1. The van der Waals surface area contributed by atoms with Gasteiger partial charge in [0, 0.05) is 5.56 Å². The fraction of sp³-hybridized carbons (Fsp3) is 0.188. The van der Waals surface area contributed by atoms with E-state index in [-0.39, 0.29) is 0 Å². The zero-order valence-electron chi connectivity index (χ0n) is 10.0. The van der Waals surface area contributed by atoms with Gasteiger partial charge in [0.15, 0.2) is 0 Å². The molecule has 0 aliphatic carbocycles. The number of rotatable bonds is 4. The molecule has 86 valence electrons. The van der Waals surface area contributed by atoms with Crippen LogP contribution in [0.2, 0.25) is 0 Å². The van der Waals surface area contributed by atoms with Crippen molar-refractivity contribution in [2.24, 2.45) is 0 Å². The molecule has 0 amide bonds. The normalized spacial score (nSPS) is 10.2. The highest BCUT2D eigenvalue weighted by atomic mass is 16.1. The van der Waals surface area contributed by atoms with Crippen molar-refractivity contribution in [1.82, 2.24) is 0 Å². The van der Waals surface area contributed by atoms with E-state index in [1.807, 2.05) is 24.3 Å². The molecule has 2 aromatic carbocycles. The zero-order valence-corrected chi connectivity index (χ0v) is 10.0. The second kappa shape index (κ2) is 5.44. The molecule has 0 aliphatic rings. The first-order valence-electron chi connectivity index (χ1n) is 5.94. The number of carbonyl (C=O) groups excluding carboxylic acids is 1. The lowest BCUT2D eigenvalue weighted by Crippen LogP contribution is -1.94. The van der Waals surface area contributed by atoms with Gasteiger partial charge in [0.1, 0.15) is 6.29 Å². The minimum absolute atomic E-state index is 0.784. The summed E-state index contributed by atoms with van der Waals surface area (Å²) in [6.45, 7) is 2.15. The van der Waals surface area contributed by atoms with Crippen LogP contribution in [0.5, 0.6) is 0 Å². The van der Waals surface area contributed by atoms with Crippen LogP contribution in [-0.2, 0) is 12.8 Å². The highest BCUT2D eigenvalue weighted by Gasteiger charge is 2.01. The second-order valence-corrected chi connectivity index (χ2v) is 4.16. The van der Waals surface area contributed by atoms with E-state index in [0.29, 0.717) is 0 Å². The van der Waals surface area contributed by atoms with Gasteiger partial charge in [-0.25, -0.2) is 0 Å². The Morgan fingerprint density at radius 1 is 0.941 bits per heavy atom. The summed E-state index contributed by atoms with van der Waals surface area (Å²) < 4.78 is 0. The van der Waals surface area contributed by atoms with E-state index in [0.717, 1.165) is 30.3 Å². The third-order valence-electron chi connectivity index (χ3n) is 3.01. The Balaban J connectivity index is 2.22. The van der Waals surface area contributed by atoms with Gasteiger partial charge < -0.3 is 0 Å². The van der Waals surface area contributed by atoms with Gasteiger partial charge in [-0.05, 0) is 29.5 Å². The van der Waals surface area contributed by atoms with Crippen molar-refractivity contribution in [2.45, 2.75) is 19.8 Å². The molecule has 0 aromatic heterocycles. The maximum atomic E-state index is 10.9. The summed E-state index contributed by atoms with van der Waals surface area (Å²) in [5.41, 5.74) is 4.47. The topological polar surface area (TPSA) is 17.1 Å². The third kappa shape index (κ3) is 2.82. The molecule has 0 saturated carbocycles. The fourth-order valence-electron chi connectivity index (χ4n) is 1.92. The molecular weight excluding hydrogens is 208 g/mol. The molecular formula is C16H16O. The van der Waals surface area contributed by atoms with Gasteiger partial charge in [-0.15, -0.1) is 0 Å². The summed E-state index contributed by atoms with van der Waals surface area (Å²) in [6.07, 6.45) is 2.81. The van der Waals surface area contributed by atoms with Crippen molar-refractivity contribution in [1.29, 1.82) is 0 Å². The highest BCUT2D eigenvalue weighted by Crippen LogP contribution is 2.14. The van der Waals surface area contributed by atoms with E-state index < -0.39 is 0 Å². The van der Waals surface area contributed by atoms with Gasteiger partial charge >= 0.3 is 0 Å². The molecule has 0 unspecified atom stereocenters. The third-order valence-corrected chi connectivity index (χ3v) is 3.01. The van der Waals surface area contributed by atoms with E-state index in [1.54, 1.807) is 0 Å². The first kappa shape index (κ1) is 11.6. The molecule has 1 heteroatoms. The summed E-state index contributed by atoms with van der Waals surface area (Å²) in [5.74, 6) is 0. The number of hydrogen-bond acceptors (Lipinski definition) is 1. The Morgan fingerprint density at radius 2 is 1.59 bits per heavy atom. The molecule has 0 saturated heterocycles. The number of benzene rings is 2. The van der Waals surface area contributed by atoms with E-state index in [1.165, 1.54) is 11.1 Å². The van der Waals surface area contributed by atoms with Crippen LogP contribution in [0.15, 0.2) is 48.5 Å². The molecule has 2 aromatic rings. The second-order valence-electron chi connectivity index (χ2n) is 4.16. The number of aryl methyl sites for hydroxylation is 1. The lowest BCUT2D eigenvalue weighted by molar-refractivity contribution is 0.112. The van der Waals surface area contributed by atoms with Crippen LogP contribution in [-0.4, -0.2) is 6.29 Å². The lowest BCUT2D eigenvalue weighted by atomic mass is 9.99. The Labute approximate surface area is 102 Å². The average molecular weight is 224 g/mol. The van der Waals surface area contributed by atoms with Crippen molar-refractivity contribution in [3.63, 3.8) is 0 Å². The number of carbonyl (C=O) groups is 1. The predicted octanol–water partition coefficient (Wildman–Crippen LogP) is 3.65. The molecule has 1 nitrogen and oxygen atoms in total. The molecule has 0 spiro atoms. The standard InChI is InChI=1S/C16H16O/c1-2-13-7-9-14(10-8-13)11-15-5-3-4-6-16(15)12-17/h3-10,12H,2,11H2,1H3. The van der Waals surface area contributed by atoms with Gasteiger partial charge in [0.05, 0.1) is 0 Å². The van der Waals surface area contributed by atoms with Crippen molar-refractivity contribution >= 4 is 6.29 Å². The van der Waals surface area contributed by atoms with Crippen LogP contribution in [0, 0.1) is 0 Å². The Kier molecular flexibility index (Phi) is 3.71. The molecule has 0 aliphatic heterocycles. The summed E-state index contributed by atoms with van der Waals surface area (Å²) in [7, 11) is 0. The van der Waals surface area contributed by atoms with Crippen LogP contribution >= 0.6 is 0 Å². The largest absolute Gasteiger partial charge is 0.298 e. The quantitative estimate of drug-likeness (QED) is 0.724. The summed E-state index contributed by atoms with van der Waals surface area (Å²) >= 11 is 0. The molecule has 17 heavy (non-hydrogen) atoms. The molecule has 0 bridgehead atoms. The lowest BCUT2D eigenvalue weighted by Gasteiger charge is -2.05. The molecule has 0 fully saturated rings. The van der Waals surface area contributed by atoms with Gasteiger partial charge in [-0.3, -0.25) is 4.79 Å². The van der Waals surface area contributed by atoms with Crippen molar-refractivity contribution in [3.8, 4) is 0 Å². The van der Waals surface area contributed by atoms with Gasteiger partial charge in [-0.2, -0.15) is 0 Å². The average Bonchev–Trinajstić information content (AvgIpc) is 2.40. The Hall–Kier alpha value is -1.89. The van der Waals surface area contributed by atoms with Crippen LogP contribution in [0.3, 0.4) is 0 Å². The molecule has 0 atom stereocenters.